The third kappa shape index (κ3) is 5.99. The lowest BCUT2D eigenvalue weighted by molar-refractivity contribution is -0.110. The lowest BCUT2D eigenvalue weighted by Gasteiger charge is -2.26. The van der Waals surface area contributed by atoms with Crippen LogP contribution in [0.25, 0.3) is 11.3 Å². The van der Waals surface area contributed by atoms with Gasteiger partial charge < -0.3 is 16.0 Å². The first-order valence-corrected chi connectivity index (χ1v) is 14.6. The van der Waals surface area contributed by atoms with E-state index < -0.39 is 0 Å². The molecule has 0 saturated carbocycles. The van der Waals surface area contributed by atoms with Crippen molar-refractivity contribution in [1.82, 2.24) is 20.0 Å². The van der Waals surface area contributed by atoms with Crippen molar-refractivity contribution in [3.05, 3.63) is 113 Å². The zero-order valence-corrected chi connectivity index (χ0v) is 24.1. The Hall–Kier alpha value is -4.69. The fraction of sp³-hybridized carbons (Fsp3) is 0.265. The van der Waals surface area contributed by atoms with E-state index in [1.54, 1.807) is 29.1 Å². The van der Waals surface area contributed by atoms with Crippen LogP contribution in [0.3, 0.4) is 0 Å². The highest BCUT2D eigenvalue weighted by atomic mass is 16.2. The Morgan fingerprint density at radius 3 is 2.55 bits per heavy atom. The molecule has 2 aliphatic heterocycles. The summed E-state index contributed by atoms with van der Waals surface area (Å²) in [5.41, 5.74) is 6.87. The molecule has 1 fully saturated rings. The van der Waals surface area contributed by atoms with Crippen LogP contribution in [-0.4, -0.2) is 39.6 Å². The Morgan fingerprint density at radius 1 is 0.976 bits per heavy atom. The molecule has 0 aliphatic carbocycles. The molecule has 4 aromatic rings. The fourth-order valence-corrected chi connectivity index (χ4v) is 5.76. The maximum atomic E-state index is 13.5. The zero-order chi connectivity index (χ0) is 29.1. The number of benzene rings is 3. The molecular formula is C34H36N6O2. The molecule has 1 aromatic heterocycles. The number of hydrogen-bond acceptors (Lipinski definition) is 5. The van der Waals surface area contributed by atoms with E-state index in [2.05, 4.69) is 38.1 Å². The van der Waals surface area contributed by atoms with Crippen molar-refractivity contribution in [3.8, 4) is 0 Å². The lowest BCUT2D eigenvalue weighted by atomic mass is 9.99. The Kier molecular flexibility index (Phi) is 7.88. The summed E-state index contributed by atoms with van der Waals surface area (Å²) in [4.78, 5) is 29.3. The maximum Gasteiger partial charge on any atom is 0.258 e. The summed E-state index contributed by atoms with van der Waals surface area (Å²) >= 11 is 0. The number of likely N-dealkylation sites (tertiary alicyclic amines) is 1. The van der Waals surface area contributed by atoms with E-state index in [0.717, 1.165) is 36.4 Å². The predicted octanol–water partition coefficient (Wildman–Crippen LogP) is 5.83. The highest BCUT2D eigenvalue weighted by molar-refractivity contribution is 6.37. The van der Waals surface area contributed by atoms with Crippen LogP contribution in [0.2, 0.25) is 0 Å². The second-order valence-corrected chi connectivity index (χ2v) is 11.1. The molecule has 0 unspecified atom stereocenters. The Bertz CT molecular complexity index is 1630. The van der Waals surface area contributed by atoms with Crippen LogP contribution in [0.4, 0.5) is 11.4 Å². The first-order chi connectivity index (χ1) is 20.4. The molecule has 3 aromatic carbocycles. The normalized spacial score (nSPS) is 16.9. The number of amides is 2. The first kappa shape index (κ1) is 27.5. The van der Waals surface area contributed by atoms with Gasteiger partial charge in [0.15, 0.2) is 0 Å². The van der Waals surface area contributed by atoms with Gasteiger partial charge in [0.05, 0.1) is 23.5 Å². The van der Waals surface area contributed by atoms with E-state index in [1.165, 1.54) is 24.8 Å². The number of fused-ring (bicyclic) bond motifs is 1. The van der Waals surface area contributed by atoms with Gasteiger partial charge in [-0.15, -0.1) is 0 Å². The SMILES string of the molecule is C[C@@H](NC(=O)c1ccc2c(c1)/C(=C(/Nc1cccc(CN3CCCCC3)c1)c1cnn(C)c1)C(=O)N2)c1ccccc1. The van der Waals surface area contributed by atoms with Crippen molar-refractivity contribution in [1.29, 1.82) is 0 Å². The van der Waals surface area contributed by atoms with Crippen LogP contribution in [0.5, 0.6) is 0 Å². The van der Waals surface area contributed by atoms with E-state index >= 15 is 0 Å². The number of aromatic nitrogens is 2. The van der Waals surface area contributed by atoms with Gasteiger partial charge in [-0.05, 0) is 74.3 Å². The number of carbonyl (C=O) groups is 2. The summed E-state index contributed by atoms with van der Waals surface area (Å²) in [5, 5.41) is 14.0. The van der Waals surface area contributed by atoms with Crippen LogP contribution >= 0.6 is 0 Å². The van der Waals surface area contributed by atoms with Gasteiger partial charge in [0.2, 0.25) is 0 Å². The summed E-state index contributed by atoms with van der Waals surface area (Å²) in [5.74, 6) is -0.426. The fourth-order valence-electron chi connectivity index (χ4n) is 5.76. The van der Waals surface area contributed by atoms with Crippen molar-refractivity contribution in [2.75, 3.05) is 23.7 Å². The van der Waals surface area contributed by atoms with Gasteiger partial charge >= 0.3 is 0 Å². The van der Waals surface area contributed by atoms with Crippen LogP contribution in [0.1, 0.15) is 64.8 Å². The standard InChI is InChI=1S/C34H36N6O2/c1-23(25-11-5-3-6-12-25)36-33(41)26-14-15-30-29(19-26)31(34(42)38-30)32(27-20-35-39(2)22-27)37-28-13-9-10-24(18-28)21-40-16-7-4-8-17-40/h3,5-6,9-15,18-20,22-23,37H,4,7-8,16-17,21H2,1-2H3,(H,36,41)(H,38,42)/b32-31-/t23-/m1/s1. The molecule has 214 valence electrons. The first-order valence-electron chi connectivity index (χ1n) is 14.6. The van der Waals surface area contributed by atoms with Crippen molar-refractivity contribution in [2.24, 2.45) is 7.05 Å². The minimum absolute atomic E-state index is 0.161. The topological polar surface area (TPSA) is 91.3 Å². The highest BCUT2D eigenvalue weighted by Crippen LogP contribution is 2.38. The number of piperidine rings is 1. The average molecular weight is 561 g/mol. The van der Waals surface area contributed by atoms with Crippen molar-refractivity contribution in [2.45, 2.75) is 38.8 Å². The van der Waals surface area contributed by atoms with Crippen LogP contribution in [0, 0.1) is 0 Å². The number of anilines is 2. The number of hydrogen-bond donors (Lipinski definition) is 3. The summed E-state index contributed by atoms with van der Waals surface area (Å²) in [6.07, 6.45) is 7.43. The second kappa shape index (κ2) is 12.0. The van der Waals surface area contributed by atoms with E-state index in [4.69, 9.17) is 0 Å². The third-order valence-electron chi connectivity index (χ3n) is 7.97. The molecule has 1 atom stereocenters. The molecule has 0 spiro atoms. The Balaban J connectivity index is 1.33. The van der Waals surface area contributed by atoms with Crippen LogP contribution < -0.4 is 16.0 Å². The molecule has 6 rings (SSSR count). The Labute approximate surface area is 246 Å². The van der Waals surface area contributed by atoms with Gasteiger partial charge in [0, 0.05) is 47.9 Å². The van der Waals surface area contributed by atoms with Crippen molar-refractivity contribution >= 4 is 34.5 Å². The molecule has 3 N–H and O–H groups in total. The van der Waals surface area contributed by atoms with Crippen molar-refractivity contribution < 1.29 is 9.59 Å². The highest BCUT2D eigenvalue weighted by Gasteiger charge is 2.30. The number of nitrogens with zero attached hydrogens (tertiary/aromatic N) is 3. The molecule has 0 bridgehead atoms. The molecule has 42 heavy (non-hydrogen) atoms. The molecule has 1 saturated heterocycles. The molecule has 2 amide bonds. The third-order valence-corrected chi connectivity index (χ3v) is 7.97. The van der Waals surface area contributed by atoms with Gasteiger partial charge in [-0.2, -0.15) is 5.10 Å². The molecule has 8 nitrogen and oxygen atoms in total. The molecule has 3 heterocycles. The van der Waals surface area contributed by atoms with Gasteiger partial charge in [-0.3, -0.25) is 19.2 Å². The summed E-state index contributed by atoms with van der Waals surface area (Å²) in [6, 6.07) is 23.4. The molecule has 8 heteroatoms. The maximum absolute atomic E-state index is 13.5. The van der Waals surface area contributed by atoms with Gasteiger partial charge in [-0.25, -0.2) is 0 Å². The van der Waals surface area contributed by atoms with Crippen molar-refractivity contribution in [3.63, 3.8) is 0 Å². The predicted molar refractivity (Wildman–Crippen MR) is 167 cm³/mol. The molecular weight excluding hydrogens is 524 g/mol. The van der Waals surface area contributed by atoms with Gasteiger partial charge in [-0.1, -0.05) is 48.9 Å². The number of rotatable bonds is 8. The Morgan fingerprint density at radius 2 is 1.79 bits per heavy atom. The van der Waals surface area contributed by atoms with E-state index in [-0.39, 0.29) is 17.9 Å². The smallest absolute Gasteiger partial charge is 0.258 e. The van der Waals surface area contributed by atoms with Crippen LogP contribution in [0.15, 0.2) is 85.2 Å². The average Bonchev–Trinajstić information content (AvgIpc) is 3.58. The van der Waals surface area contributed by atoms with E-state index in [9.17, 15) is 9.59 Å². The van der Waals surface area contributed by atoms with Crippen LogP contribution in [-0.2, 0) is 18.4 Å². The second-order valence-electron chi connectivity index (χ2n) is 11.1. The van der Waals surface area contributed by atoms with E-state index in [1.807, 2.05) is 62.6 Å². The molecule has 2 aliphatic rings. The largest absolute Gasteiger partial charge is 0.354 e. The quantitative estimate of drug-likeness (QED) is 0.236. The minimum Gasteiger partial charge on any atom is -0.354 e. The molecule has 0 radical (unpaired) electrons. The summed E-state index contributed by atoms with van der Waals surface area (Å²) in [7, 11) is 1.85. The monoisotopic (exact) mass is 560 g/mol. The minimum atomic E-state index is -0.226. The summed E-state index contributed by atoms with van der Waals surface area (Å²) < 4.78 is 1.72. The van der Waals surface area contributed by atoms with Gasteiger partial charge in [0.25, 0.3) is 11.8 Å². The number of aryl methyl sites for hydroxylation is 1. The summed E-state index contributed by atoms with van der Waals surface area (Å²) in [6.45, 7) is 5.11. The number of nitrogens with one attached hydrogen (secondary N) is 3. The van der Waals surface area contributed by atoms with E-state index in [0.29, 0.717) is 28.1 Å². The number of carbonyl (C=O) groups excluding carboxylic acids is 2. The lowest BCUT2D eigenvalue weighted by Crippen LogP contribution is -2.29. The zero-order valence-electron chi connectivity index (χ0n) is 24.1. The van der Waals surface area contributed by atoms with Gasteiger partial charge in [0.1, 0.15) is 0 Å².